The monoisotopic (exact) mass is 300 g/mol. The van der Waals surface area contributed by atoms with Gasteiger partial charge >= 0.3 is 0 Å². The molecule has 0 atom stereocenters. The second-order valence-corrected chi connectivity index (χ2v) is 5.91. The molecule has 108 valence electrons. The highest BCUT2D eigenvalue weighted by Crippen LogP contribution is 2.18. The minimum atomic E-state index is 0.685. The smallest absolute Gasteiger partial charge is 0.250 e. The average Bonchev–Trinajstić information content (AvgIpc) is 3.09. The Balaban J connectivity index is 1.86. The van der Waals surface area contributed by atoms with Crippen molar-refractivity contribution in [2.45, 2.75) is 20.4 Å². The van der Waals surface area contributed by atoms with Gasteiger partial charge in [0.25, 0.3) is 0 Å². The zero-order valence-electron chi connectivity index (χ0n) is 12.2. The Kier molecular flexibility index (Phi) is 3.66. The molecule has 0 N–H and O–H groups in total. The number of hydrogen-bond donors (Lipinski definition) is 0. The van der Waals surface area contributed by atoms with E-state index in [-0.39, 0.29) is 0 Å². The molecule has 0 fully saturated rings. The molecule has 2 heterocycles. The lowest BCUT2D eigenvalue weighted by Crippen LogP contribution is -2.20. The summed E-state index contributed by atoms with van der Waals surface area (Å²) in [5.74, 6) is 0.701. The van der Waals surface area contributed by atoms with Gasteiger partial charge < -0.3 is 4.90 Å². The number of hydrogen-bond acceptors (Lipinski definition) is 6. The van der Waals surface area contributed by atoms with Crippen molar-refractivity contribution in [2.75, 3.05) is 11.9 Å². The predicted octanol–water partition coefficient (Wildman–Crippen LogP) is 2.37. The van der Waals surface area contributed by atoms with Crippen LogP contribution in [0.5, 0.6) is 0 Å². The van der Waals surface area contributed by atoms with Crippen molar-refractivity contribution in [3.05, 3.63) is 45.9 Å². The Bertz CT molecular complexity index is 730. The summed E-state index contributed by atoms with van der Waals surface area (Å²) in [7, 11) is 1.97. The standard InChI is InChI=1S/C14H16N6S/c1-10-4-6-12(7-5-10)20-14(16-17-18-20)19(3)8-13-15-11(2)9-21-13/h4-7,9H,8H2,1-3H3. The van der Waals surface area contributed by atoms with Crippen molar-refractivity contribution in [1.29, 1.82) is 0 Å². The molecule has 0 aliphatic heterocycles. The highest BCUT2D eigenvalue weighted by Gasteiger charge is 2.14. The van der Waals surface area contributed by atoms with Crippen LogP contribution in [0.25, 0.3) is 5.69 Å². The molecule has 7 heteroatoms. The van der Waals surface area contributed by atoms with E-state index in [9.17, 15) is 0 Å². The van der Waals surface area contributed by atoms with Crippen LogP contribution in [0.3, 0.4) is 0 Å². The number of nitrogens with zero attached hydrogens (tertiary/aromatic N) is 6. The van der Waals surface area contributed by atoms with Crippen LogP contribution in [0.2, 0.25) is 0 Å². The van der Waals surface area contributed by atoms with Gasteiger partial charge in [-0.1, -0.05) is 22.8 Å². The quantitative estimate of drug-likeness (QED) is 0.740. The summed E-state index contributed by atoms with van der Waals surface area (Å²) >= 11 is 1.65. The van der Waals surface area contributed by atoms with Crippen molar-refractivity contribution in [3.63, 3.8) is 0 Å². The first-order valence-corrected chi connectivity index (χ1v) is 7.49. The van der Waals surface area contributed by atoms with Gasteiger partial charge in [-0.05, 0) is 36.4 Å². The molecule has 1 aromatic carbocycles. The van der Waals surface area contributed by atoms with Crippen LogP contribution in [0.4, 0.5) is 5.95 Å². The van der Waals surface area contributed by atoms with Gasteiger partial charge in [0.15, 0.2) is 0 Å². The van der Waals surface area contributed by atoms with Gasteiger partial charge in [0.2, 0.25) is 5.95 Å². The second-order valence-electron chi connectivity index (χ2n) is 4.96. The fraction of sp³-hybridized carbons (Fsp3) is 0.286. The van der Waals surface area contributed by atoms with E-state index in [2.05, 4.69) is 27.4 Å². The van der Waals surface area contributed by atoms with E-state index >= 15 is 0 Å². The van der Waals surface area contributed by atoms with Gasteiger partial charge in [0, 0.05) is 18.1 Å². The number of benzene rings is 1. The Morgan fingerprint density at radius 3 is 2.62 bits per heavy atom. The molecule has 0 spiro atoms. The lowest BCUT2D eigenvalue weighted by molar-refractivity contribution is 0.770. The minimum absolute atomic E-state index is 0.685. The third-order valence-corrected chi connectivity index (χ3v) is 4.06. The van der Waals surface area contributed by atoms with Gasteiger partial charge in [-0.3, -0.25) is 0 Å². The molecule has 0 bridgehead atoms. The molecule has 3 rings (SSSR count). The molecule has 0 unspecified atom stereocenters. The predicted molar refractivity (Wildman–Crippen MR) is 82.8 cm³/mol. The normalized spacial score (nSPS) is 10.8. The van der Waals surface area contributed by atoms with Gasteiger partial charge in [0.1, 0.15) is 5.01 Å². The molecule has 0 amide bonds. The van der Waals surface area contributed by atoms with E-state index in [0.717, 1.165) is 16.4 Å². The largest absolute Gasteiger partial charge is 0.336 e. The maximum absolute atomic E-state index is 4.47. The Morgan fingerprint density at radius 1 is 1.19 bits per heavy atom. The van der Waals surface area contributed by atoms with E-state index in [4.69, 9.17) is 0 Å². The summed E-state index contributed by atoms with van der Waals surface area (Å²) in [6, 6.07) is 8.11. The summed E-state index contributed by atoms with van der Waals surface area (Å²) in [5, 5.41) is 15.1. The molecule has 0 aliphatic carbocycles. The first-order valence-electron chi connectivity index (χ1n) is 6.61. The Labute approximate surface area is 127 Å². The first-order chi connectivity index (χ1) is 10.1. The third kappa shape index (κ3) is 2.92. The molecular formula is C14H16N6S. The third-order valence-electron chi connectivity index (χ3n) is 3.11. The van der Waals surface area contributed by atoms with E-state index < -0.39 is 0 Å². The molecule has 21 heavy (non-hydrogen) atoms. The van der Waals surface area contributed by atoms with Gasteiger partial charge in [-0.25, -0.2) is 4.98 Å². The highest BCUT2D eigenvalue weighted by molar-refractivity contribution is 7.09. The van der Waals surface area contributed by atoms with E-state index in [1.165, 1.54) is 5.56 Å². The number of tetrazole rings is 1. The van der Waals surface area contributed by atoms with Crippen molar-refractivity contribution in [1.82, 2.24) is 25.2 Å². The van der Waals surface area contributed by atoms with Crippen LogP contribution < -0.4 is 4.90 Å². The van der Waals surface area contributed by atoms with Gasteiger partial charge in [0.05, 0.1) is 12.2 Å². The average molecular weight is 300 g/mol. The molecule has 6 nitrogen and oxygen atoms in total. The van der Waals surface area contributed by atoms with Crippen LogP contribution in [0.15, 0.2) is 29.6 Å². The SMILES string of the molecule is Cc1ccc(-n2nnnc2N(C)Cc2nc(C)cs2)cc1. The van der Waals surface area contributed by atoms with Crippen molar-refractivity contribution in [2.24, 2.45) is 0 Å². The molecule has 2 aromatic heterocycles. The number of aryl methyl sites for hydroxylation is 2. The first kappa shape index (κ1) is 13.7. The summed E-state index contributed by atoms with van der Waals surface area (Å²) < 4.78 is 1.74. The molecule has 0 radical (unpaired) electrons. The van der Waals surface area contributed by atoms with Crippen LogP contribution in [0.1, 0.15) is 16.3 Å². The Hall–Kier alpha value is -2.28. The molecule has 0 saturated heterocycles. The van der Waals surface area contributed by atoms with E-state index in [1.54, 1.807) is 16.0 Å². The number of rotatable bonds is 4. The molecule has 3 aromatic rings. The zero-order valence-corrected chi connectivity index (χ0v) is 13.0. The number of thiazole rings is 1. The fourth-order valence-electron chi connectivity index (χ4n) is 2.02. The summed E-state index contributed by atoms with van der Waals surface area (Å²) in [4.78, 5) is 6.47. The lowest BCUT2D eigenvalue weighted by atomic mass is 10.2. The van der Waals surface area contributed by atoms with Crippen LogP contribution in [0, 0.1) is 13.8 Å². The van der Waals surface area contributed by atoms with Gasteiger partial charge in [-0.15, -0.1) is 11.3 Å². The maximum Gasteiger partial charge on any atom is 0.250 e. The van der Waals surface area contributed by atoms with Crippen molar-refractivity contribution in [3.8, 4) is 5.69 Å². The number of aromatic nitrogens is 5. The van der Waals surface area contributed by atoms with Crippen molar-refractivity contribution >= 4 is 17.3 Å². The fourth-order valence-corrected chi connectivity index (χ4v) is 2.85. The molecular weight excluding hydrogens is 284 g/mol. The topological polar surface area (TPSA) is 59.7 Å². The lowest BCUT2D eigenvalue weighted by Gasteiger charge is -2.16. The number of anilines is 1. The minimum Gasteiger partial charge on any atom is -0.336 e. The zero-order chi connectivity index (χ0) is 14.8. The summed E-state index contributed by atoms with van der Waals surface area (Å²) in [5.41, 5.74) is 3.20. The van der Waals surface area contributed by atoms with Crippen molar-refractivity contribution < 1.29 is 0 Å². The summed E-state index contributed by atoms with van der Waals surface area (Å²) in [6.45, 7) is 4.74. The van der Waals surface area contributed by atoms with E-state index in [1.807, 2.05) is 48.5 Å². The highest BCUT2D eigenvalue weighted by atomic mass is 32.1. The Morgan fingerprint density at radius 2 is 1.95 bits per heavy atom. The molecule has 0 saturated carbocycles. The summed E-state index contributed by atoms with van der Waals surface area (Å²) in [6.07, 6.45) is 0. The van der Waals surface area contributed by atoms with E-state index in [0.29, 0.717) is 12.5 Å². The van der Waals surface area contributed by atoms with Crippen LogP contribution >= 0.6 is 11.3 Å². The second kappa shape index (κ2) is 5.61. The molecule has 0 aliphatic rings. The van der Waals surface area contributed by atoms with Crippen LogP contribution in [-0.4, -0.2) is 32.2 Å². The van der Waals surface area contributed by atoms with Gasteiger partial charge in [-0.2, -0.15) is 4.68 Å². The van der Waals surface area contributed by atoms with Crippen LogP contribution in [-0.2, 0) is 6.54 Å². The maximum atomic E-state index is 4.47.